The van der Waals surface area contributed by atoms with Crippen molar-refractivity contribution >= 4 is 5.91 Å². The van der Waals surface area contributed by atoms with E-state index in [4.69, 9.17) is 9.15 Å². The third-order valence-electron chi connectivity index (χ3n) is 3.94. The molecule has 27 heavy (non-hydrogen) atoms. The summed E-state index contributed by atoms with van der Waals surface area (Å²) in [5, 5.41) is 2.78. The highest BCUT2D eigenvalue weighted by atomic mass is 16.5. The minimum atomic E-state index is -0.196. The second-order valence-electron chi connectivity index (χ2n) is 6.45. The molecule has 140 valence electrons. The Morgan fingerprint density at radius 1 is 1.19 bits per heavy atom. The van der Waals surface area contributed by atoms with Gasteiger partial charge in [-0.25, -0.2) is 0 Å². The van der Waals surface area contributed by atoms with Crippen molar-refractivity contribution in [1.29, 1.82) is 0 Å². The molecule has 0 aliphatic rings. The van der Waals surface area contributed by atoms with Gasteiger partial charge in [0.2, 0.25) is 0 Å². The first-order chi connectivity index (χ1) is 13.1. The molecule has 0 radical (unpaired) electrons. The minimum Gasteiger partial charge on any atom is -0.483 e. The number of benzene rings is 1. The standard InChI is InChI=1S/C21H23N3O3/c1-24(2)14-18-11-16(17-5-3-9-22-12-17)7-8-20(18)27-15-21(25)23-13-19-6-4-10-26-19/h3-12H,13-15H2,1-2H3,(H,23,25). The van der Waals surface area contributed by atoms with Crippen molar-refractivity contribution in [2.45, 2.75) is 13.1 Å². The van der Waals surface area contributed by atoms with Gasteiger partial charge < -0.3 is 19.4 Å². The molecule has 0 spiro atoms. The van der Waals surface area contributed by atoms with Crippen molar-refractivity contribution in [2.75, 3.05) is 20.7 Å². The Morgan fingerprint density at radius 2 is 2.07 bits per heavy atom. The fraction of sp³-hybridized carbons (Fsp3) is 0.238. The maximum atomic E-state index is 12.0. The Kier molecular flexibility index (Phi) is 6.22. The third-order valence-corrected chi connectivity index (χ3v) is 3.94. The average molecular weight is 365 g/mol. The zero-order valence-corrected chi connectivity index (χ0v) is 15.5. The molecule has 2 heterocycles. The lowest BCUT2D eigenvalue weighted by Crippen LogP contribution is -2.28. The Morgan fingerprint density at radius 3 is 2.78 bits per heavy atom. The van der Waals surface area contributed by atoms with E-state index in [1.807, 2.05) is 50.6 Å². The molecule has 0 bridgehead atoms. The van der Waals surface area contributed by atoms with Crippen LogP contribution < -0.4 is 10.1 Å². The van der Waals surface area contributed by atoms with Crippen LogP contribution in [0.2, 0.25) is 0 Å². The highest BCUT2D eigenvalue weighted by Crippen LogP contribution is 2.27. The lowest BCUT2D eigenvalue weighted by atomic mass is 10.0. The number of nitrogens with zero attached hydrogens (tertiary/aromatic N) is 2. The second kappa shape index (κ2) is 9.00. The molecule has 0 saturated heterocycles. The summed E-state index contributed by atoms with van der Waals surface area (Å²) in [6.45, 7) is 1.00. The van der Waals surface area contributed by atoms with Gasteiger partial charge in [-0.15, -0.1) is 0 Å². The van der Waals surface area contributed by atoms with E-state index in [1.165, 1.54) is 0 Å². The van der Waals surface area contributed by atoms with Crippen LogP contribution in [0.1, 0.15) is 11.3 Å². The number of ether oxygens (including phenoxy) is 1. The summed E-state index contributed by atoms with van der Waals surface area (Å²) in [6, 6.07) is 13.5. The number of carbonyl (C=O) groups is 1. The summed E-state index contributed by atoms with van der Waals surface area (Å²) in [5.74, 6) is 1.21. The first-order valence-electron chi connectivity index (χ1n) is 8.72. The summed E-state index contributed by atoms with van der Waals surface area (Å²) in [7, 11) is 3.99. The molecule has 1 N–H and O–H groups in total. The molecule has 0 unspecified atom stereocenters. The van der Waals surface area contributed by atoms with Gasteiger partial charge in [-0.3, -0.25) is 9.78 Å². The predicted octanol–water partition coefficient (Wildman–Crippen LogP) is 3.10. The van der Waals surface area contributed by atoms with Gasteiger partial charge in [0.1, 0.15) is 11.5 Å². The summed E-state index contributed by atoms with van der Waals surface area (Å²) < 4.78 is 11.0. The van der Waals surface area contributed by atoms with Gasteiger partial charge in [0.15, 0.2) is 6.61 Å². The van der Waals surface area contributed by atoms with Crippen molar-refractivity contribution in [3.05, 3.63) is 72.4 Å². The number of carbonyl (C=O) groups excluding carboxylic acids is 1. The molecule has 2 aromatic heterocycles. The smallest absolute Gasteiger partial charge is 0.258 e. The van der Waals surface area contributed by atoms with E-state index in [9.17, 15) is 4.79 Å². The molecule has 0 aliphatic heterocycles. The van der Waals surface area contributed by atoms with E-state index in [2.05, 4.69) is 21.3 Å². The quantitative estimate of drug-likeness (QED) is 0.664. The van der Waals surface area contributed by atoms with Crippen molar-refractivity contribution in [1.82, 2.24) is 15.2 Å². The van der Waals surface area contributed by atoms with Crippen LogP contribution in [0.5, 0.6) is 5.75 Å². The molecule has 6 heteroatoms. The zero-order chi connectivity index (χ0) is 19.1. The molecule has 0 saturated carbocycles. The van der Waals surface area contributed by atoms with E-state index >= 15 is 0 Å². The zero-order valence-electron chi connectivity index (χ0n) is 15.5. The van der Waals surface area contributed by atoms with Crippen LogP contribution in [0.4, 0.5) is 0 Å². The highest BCUT2D eigenvalue weighted by molar-refractivity contribution is 5.77. The Bertz CT molecular complexity index is 862. The van der Waals surface area contributed by atoms with Gasteiger partial charge in [0.05, 0.1) is 12.8 Å². The van der Waals surface area contributed by atoms with Gasteiger partial charge >= 0.3 is 0 Å². The number of hydrogen-bond acceptors (Lipinski definition) is 5. The fourth-order valence-electron chi connectivity index (χ4n) is 2.69. The summed E-state index contributed by atoms with van der Waals surface area (Å²) >= 11 is 0. The van der Waals surface area contributed by atoms with Crippen molar-refractivity contribution in [2.24, 2.45) is 0 Å². The Balaban J connectivity index is 1.67. The van der Waals surface area contributed by atoms with Crippen LogP contribution in [0.15, 0.2) is 65.5 Å². The SMILES string of the molecule is CN(C)Cc1cc(-c2cccnc2)ccc1OCC(=O)NCc1ccco1. The number of aromatic nitrogens is 1. The molecular formula is C21H23N3O3. The normalized spacial score (nSPS) is 10.8. The van der Waals surface area contributed by atoms with Gasteiger partial charge in [0, 0.05) is 30.1 Å². The largest absolute Gasteiger partial charge is 0.483 e. The van der Waals surface area contributed by atoms with E-state index < -0.39 is 0 Å². The summed E-state index contributed by atoms with van der Waals surface area (Å²) in [5.41, 5.74) is 3.12. The molecule has 0 fully saturated rings. The number of nitrogens with one attached hydrogen (secondary N) is 1. The molecule has 0 aliphatic carbocycles. The maximum absolute atomic E-state index is 12.0. The number of amides is 1. The topological polar surface area (TPSA) is 67.6 Å². The molecular weight excluding hydrogens is 342 g/mol. The highest BCUT2D eigenvalue weighted by Gasteiger charge is 2.10. The van der Waals surface area contributed by atoms with Gasteiger partial charge in [-0.2, -0.15) is 0 Å². The summed E-state index contributed by atoms with van der Waals surface area (Å²) in [6.07, 6.45) is 5.16. The lowest BCUT2D eigenvalue weighted by Gasteiger charge is -2.16. The van der Waals surface area contributed by atoms with E-state index in [0.717, 1.165) is 16.7 Å². The van der Waals surface area contributed by atoms with Crippen LogP contribution in [0.25, 0.3) is 11.1 Å². The van der Waals surface area contributed by atoms with Crippen molar-refractivity contribution < 1.29 is 13.9 Å². The lowest BCUT2D eigenvalue weighted by molar-refractivity contribution is -0.123. The summed E-state index contributed by atoms with van der Waals surface area (Å²) in [4.78, 5) is 18.3. The Labute approximate surface area is 158 Å². The number of pyridine rings is 1. The molecule has 3 rings (SSSR count). The molecule has 1 aromatic carbocycles. The fourth-order valence-corrected chi connectivity index (χ4v) is 2.69. The van der Waals surface area contributed by atoms with Gasteiger partial charge in [0.25, 0.3) is 5.91 Å². The average Bonchev–Trinajstić information content (AvgIpc) is 3.19. The molecule has 1 amide bonds. The molecule has 6 nitrogen and oxygen atoms in total. The molecule has 3 aromatic rings. The first-order valence-corrected chi connectivity index (χ1v) is 8.72. The Hall–Kier alpha value is -3.12. The monoisotopic (exact) mass is 365 g/mol. The van der Waals surface area contributed by atoms with Crippen LogP contribution in [0, 0.1) is 0 Å². The van der Waals surface area contributed by atoms with Crippen LogP contribution in [-0.4, -0.2) is 36.5 Å². The van der Waals surface area contributed by atoms with Crippen molar-refractivity contribution in [3.63, 3.8) is 0 Å². The number of furan rings is 1. The van der Waals surface area contributed by atoms with E-state index in [-0.39, 0.29) is 12.5 Å². The predicted molar refractivity (Wildman–Crippen MR) is 103 cm³/mol. The van der Waals surface area contributed by atoms with Gasteiger partial charge in [-0.05, 0) is 50.0 Å². The minimum absolute atomic E-state index is 0.0482. The maximum Gasteiger partial charge on any atom is 0.258 e. The second-order valence-corrected chi connectivity index (χ2v) is 6.45. The first kappa shape index (κ1) is 18.7. The van der Waals surface area contributed by atoms with Crippen LogP contribution >= 0.6 is 0 Å². The molecule has 0 atom stereocenters. The van der Waals surface area contributed by atoms with E-state index in [1.54, 1.807) is 18.5 Å². The number of hydrogen-bond donors (Lipinski definition) is 1. The number of rotatable bonds is 8. The van der Waals surface area contributed by atoms with Crippen molar-refractivity contribution in [3.8, 4) is 16.9 Å². The van der Waals surface area contributed by atoms with Crippen LogP contribution in [-0.2, 0) is 17.9 Å². The third kappa shape index (κ3) is 5.43. The van der Waals surface area contributed by atoms with Crippen LogP contribution in [0.3, 0.4) is 0 Å². The van der Waals surface area contributed by atoms with Gasteiger partial charge in [-0.1, -0.05) is 12.1 Å². The van der Waals surface area contributed by atoms with E-state index in [0.29, 0.717) is 24.6 Å².